The zero-order valence-electron chi connectivity index (χ0n) is 13.3. The van der Waals surface area contributed by atoms with Gasteiger partial charge in [0.15, 0.2) is 0 Å². The van der Waals surface area contributed by atoms with E-state index in [0.29, 0.717) is 0 Å². The summed E-state index contributed by atoms with van der Waals surface area (Å²) < 4.78 is 0. The fourth-order valence-electron chi connectivity index (χ4n) is 2.31. The normalized spacial score (nSPS) is 17.2. The number of anilines is 1. The first-order chi connectivity index (χ1) is 9.58. The Labute approximate surface area is 131 Å². The molecule has 2 rings (SSSR count). The molecule has 0 aromatic heterocycles. The average Bonchev–Trinajstić information content (AvgIpc) is 2.48. The zero-order chi connectivity index (χ0) is 15.3. The van der Waals surface area contributed by atoms with Gasteiger partial charge in [0, 0.05) is 24.5 Å². The average molecular weight is 312 g/mol. The molecule has 0 aliphatic carbocycles. The first-order valence-corrected chi connectivity index (χ1v) is 9.27. The largest absolute Gasteiger partial charge is 0.372 e. The van der Waals surface area contributed by atoms with Crippen molar-refractivity contribution in [3.05, 3.63) is 34.2 Å². The Morgan fingerprint density at radius 1 is 1.25 bits per heavy atom. The molecule has 1 aliphatic heterocycles. The monoisotopic (exact) mass is 311 g/mol. The van der Waals surface area contributed by atoms with Gasteiger partial charge < -0.3 is 4.90 Å². The van der Waals surface area contributed by atoms with Crippen molar-refractivity contribution in [1.29, 1.82) is 0 Å². The van der Waals surface area contributed by atoms with Crippen molar-refractivity contribution in [3.8, 4) is 0 Å². The van der Waals surface area contributed by atoms with Crippen molar-refractivity contribution < 1.29 is 0 Å². The number of fused-ring (bicyclic) bond motifs is 1. The van der Waals surface area contributed by atoms with Crippen LogP contribution in [0.15, 0.2) is 23.1 Å². The van der Waals surface area contributed by atoms with E-state index in [0.717, 1.165) is 23.9 Å². The van der Waals surface area contributed by atoms with Crippen LogP contribution in [0.3, 0.4) is 0 Å². The molecule has 1 aromatic carbocycles. The molecule has 0 amide bonds. The van der Waals surface area contributed by atoms with Crippen LogP contribution in [-0.4, -0.2) is 19.0 Å². The van der Waals surface area contributed by atoms with Gasteiger partial charge in [0.2, 0.25) is 0 Å². The van der Waals surface area contributed by atoms with Gasteiger partial charge in [-0.05, 0) is 48.9 Å². The summed E-state index contributed by atoms with van der Waals surface area (Å²) in [5.41, 5.74) is 3.82. The highest BCUT2D eigenvalue weighted by Crippen LogP contribution is 2.43. The molecule has 3 heteroatoms. The number of benzene rings is 1. The molecule has 1 aliphatic rings. The maximum atomic E-state index is 6.43. The van der Waals surface area contributed by atoms with Gasteiger partial charge in [-0.15, -0.1) is 0 Å². The van der Waals surface area contributed by atoms with Gasteiger partial charge in [-0.25, -0.2) is 0 Å². The summed E-state index contributed by atoms with van der Waals surface area (Å²) >= 11 is 6.43. The van der Waals surface area contributed by atoms with Crippen LogP contribution in [0.25, 0.3) is 5.03 Å². The molecule has 0 fully saturated rings. The van der Waals surface area contributed by atoms with Crippen molar-refractivity contribution in [3.63, 3.8) is 0 Å². The van der Waals surface area contributed by atoms with Gasteiger partial charge in [-0.3, -0.25) is 0 Å². The molecule has 1 heterocycles. The fourth-order valence-corrected chi connectivity index (χ4v) is 4.02. The molecule has 1 aromatic rings. The van der Waals surface area contributed by atoms with Crippen LogP contribution < -0.4 is 4.90 Å². The molecule has 0 bridgehead atoms. The predicted molar refractivity (Wildman–Crippen MR) is 98.2 cm³/mol. The summed E-state index contributed by atoms with van der Waals surface area (Å²) in [6, 6.07) is 6.61. The van der Waals surface area contributed by atoms with E-state index >= 15 is 0 Å². The van der Waals surface area contributed by atoms with Crippen LogP contribution in [0.5, 0.6) is 0 Å². The molecule has 0 N–H and O–H groups in total. The van der Waals surface area contributed by atoms with E-state index in [-0.39, 0.29) is 10.5 Å². The van der Waals surface area contributed by atoms with Gasteiger partial charge in [0.05, 0.1) is 5.03 Å². The Morgan fingerprint density at radius 2 is 1.85 bits per heavy atom. The number of hydrogen-bond acceptors (Lipinski definition) is 1. The van der Waals surface area contributed by atoms with Gasteiger partial charge in [-0.1, -0.05) is 37.4 Å². The maximum absolute atomic E-state index is 6.43. The molecular weight excluding hydrogens is 286 g/mol. The second-order valence-corrected chi connectivity index (χ2v) is 6.79. The van der Waals surface area contributed by atoms with E-state index in [1.54, 1.807) is 0 Å². The number of allylic oxidation sites excluding steroid dienone is 1. The van der Waals surface area contributed by atoms with E-state index in [9.17, 15) is 0 Å². The molecule has 112 valence electrons. The molecule has 20 heavy (non-hydrogen) atoms. The highest BCUT2D eigenvalue weighted by atomic mass is 35.5. The molecule has 1 nitrogen and oxygen atoms in total. The molecule has 1 atom stereocenters. The molecule has 0 saturated heterocycles. The summed E-state index contributed by atoms with van der Waals surface area (Å²) in [6.45, 7) is 12.5. The Balaban J connectivity index is 0.000000956. The van der Waals surface area contributed by atoms with Crippen LogP contribution in [-0.2, 0) is 5.75 Å². The Hall–Kier alpha value is -0.730. The van der Waals surface area contributed by atoms with Crippen molar-refractivity contribution in [2.75, 3.05) is 18.0 Å². The third-order valence-corrected chi connectivity index (χ3v) is 5.85. The lowest BCUT2D eigenvalue weighted by Crippen LogP contribution is -2.22. The van der Waals surface area contributed by atoms with Crippen molar-refractivity contribution in [2.45, 2.75) is 40.4 Å². The fraction of sp³-hybridized carbons (Fsp3) is 0.471. The van der Waals surface area contributed by atoms with Crippen LogP contribution in [0, 0.1) is 0 Å². The number of nitrogens with zero attached hydrogens (tertiary/aromatic N) is 1. The van der Waals surface area contributed by atoms with Crippen molar-refractivity contribution in [1.82, 2.24) is 0 Å². The van der Waals surface area contributed by atoms with Crippen LogP contribution in [0.4, 0.5) is 5.69 Å². The number of hydrogen-bond donors (Lipinski definition) is 0. The smallest absolute Gasteiger partial charge is 0.0568 e. The molecular formula is C17H26ClNS. The minimum atomic E-state index is 0.0274. The van der Waals surface area contributed by atoms with Crippen LogP contribution in [0.2, 0.25) is 0 Å². The number of halogens is 1. The highest BCUT2D eigenvalue weighted by Gasteiger charge is 2.18. The third-order valence-electron chi connectivity index (χ3n) is 3.53. The van der Waals surface area contributed by atoms with E-state index in [2.05, 4.69) is 49.7 Å². The summed E-state index contributed by atoms with van der Waals surface area (Å²) in [5.74, 6) is 5.23. The SMILES string of the molecule is C=S1Cc2cc(N(CC)CC)ccc2C(Cl)=C1C.CC. The first kappa shape index (κ1) is 17.3. The van der Waals surface area contributed by atoms with E-state index in [1.807, 2.05) is 13.8 Å². The summed E-state index contributed by atoms with van der Waals surface area (Å²) in [7, 11) is 0.0274. The summed E-state index contributed by atoms with van der Waals surface area (Å²) in [6.07, 6.45) is 0. The molecule has 0 spiro atoms. The first-order valence-electron chi connectivity index (χ1n) is 7.33. The highest BCUT2D eigenvalue weighted by molar-refractivity contribution is 8.17. The number of rotatable bonds is 3. The van der Waals surface area contributed by atoms with E-state index in [4.69, 9.17) is 11.6 Å². The zero-order valence-corrected chi connectivity index (χ0v) is 14.9. The Morgan fingerprint density at radius 3 is 2.40 bits per heavy atom. The minimum absolute atomic E-state index is 0.0274. The van der Waals surface area contributed by atoms with Crippen molar-refractivity contribution in [2.24, 2.45) is 0 Å². The summed E-state index contributed by atoms with van der Waals surface area (Å²) in [5, 5.41) is 0.903. The topological polar surface area (TPSA) is 3.24 Å². The Kier molecular flexibility index (Phi) is 6.84. The lowest BCUT2D eigenvalue weighted by molar-refractivity contribution is 0.865. The maximum Gasteiger partial charge on any atom is 0.0568 e. The lowest BCUT2D eigenvalue weighted by Gasteiger charge is -2.25. The van der Waals surface area contributed by atoms with Crippen LogP contribution >= 0.6 is 22.1 Å². The standard InChI is InChI=1S/C15H20ClNS.C2H6/c1-5-17(6-2)13-7-8-14-12(9-13)10-18(4)11(3)15(14)16;1-2/h7-9H,4-6,10H2,1-3H3;1-2H3. The minimum Gasteiger partial charge on any atom is -0.372 e. The van der Waals surface area contributed by atoms with Gasteiger partial charge in [-0.2, -0.15) is 10.5 Å². The van der Waals surface area contributed by atoms with Gasteiger partial charge >= 0.3 is 0 Å². The van der Waals surface area contributed by atoms with Crippen LogP contribution in [0.1, 0.15) is 45.7 Å². The molecule has 1 unspecified atom stereocenters. The van der Waals surface area contributed by atoms with Gasteiger partial charge in [0.25, 0.3) is 0 Å². The molecule has 0 radical (unpaired) electrons. The van der Waals surface area contributed by atoms with Gasteiger partial charge in [0.1, 0.15) is 0 Å². The third kappa shape index (κ3) is 3.48. The van der Waals surface area contributed by atoms with E-state index < -0.39 is 0 Å². The second-order valence-electron chi connectivity index (χ2n) is 4.52. The lowest BCUT2D eigenvalue weighted by atomic mass is 10.1. The van der Waals surface area contributed by atoms with E-state index in [1.165, 1.54) is 21.7 Å². The molecule has 0 saturated carbocycles. The summed E-state index contributed by atoms with van der Waals surface area (Å²) in [4.78, 5) is 3.60. The predicted octanol–water partition coefficient (Wildman–Crippen LogP) is 5.70. The quantitative estimate of drug-likeness (QED) is 0.647. The van der Waals surface area contributed by atoms with Crippen molar-refractivity contribution >= 4 is 38.7 Å². The Bertz CT molecular complexity index is 516. The second kappa shape index (κ2) is 7.90.